The van der Waals surface area contributed by atoms with E-state index in [1.54, 1.807) is 0 Å². The van der Waals surface area contributed by atoms with Crippen molar-refractivity contribution in [1.82, 2.24) is 15.5 Å². The molecule has 0 amide bonds. The van der Waals surface area contributed by atoms with Crippen LogP contribution >= 0.6 is 0 Å². The molecule has 2 saturated heterocycles. The van der Waals surface area contributed by atoms with Crippen molar-refractivity contribution in [1.29, 1.82) is 0 Å². The molecule has 2 heterocycles. The molecule has 2 aliphatic rings. The summed E-state index contributed by atoms with van der Waals surface area (Å²) in [7, 11) is 1.83. The Morgan fingerprint density at radius 2 is 2.17 bits per heavy atom. The lowest BCUT2D eigenvalue weighted by molar-refractivity contribution is 0.166. The molecule has 3 rings (SSSR count). The minimum absolute atomic E-state index is 0.504. The number of likely N-dealkylation sites (tertiary alicyclic amines) is 1. The molecule has 6 nitrogen and oxygen atoms in total. The zero-order chi connectivity index (χ0) is 20.5. The van der Waals surface area contributed by atoms with E-state index < -0.39 is 0 Å². The molecule has 2 unspecified atom stereocenters. The topological polar surface area (TPSA) is 58.1 Å². The van der Waals surface area contributed by atoms with Gasteiger partial charge >= 0.3 is 0 Å². The van der Waals surface area contributed by atoms with Crippen LogP contribution < -0.4 is 15.4 Å². The van der Waals surface area contributed by atoms with E-state index in [0.717, 1.165) is 56.6 Å². The van der Waals surface area contributed by atoms with Gasteiger partial charge in [0.15, 0.2) is 5.96 Å². The largest absolute Gasteiger partial charge is 0.493 e. The maximum absolute atomic E-state index is 6.16. The fourth-order valence-electron chi connectivity index (χ4n) is 4.11. The maximum atomic E-state index is 6.16. The van der Waals surface area contributed by atoms with Crippen LogP contribution in [0.4, 0.5) is 0 Å². The summed E-state index contributed by atoms with van der Waals surface area (Å²) in [6.45, 7) is 12.0. The first kappa shape index (κ1) is 21.9. The Morgan fingerprint density at radius 3 is 2.93 bits per heavy atom. The van der Waals surface area contributed by atoms with Crippen LogP contribution in [-0.4, -0.2) is 63.9 Å². The van der Waals surface area contributed by atoms with E-state index in [9.17, 15) is 0 Å². The number of aliphatic imine (C=N–C) groups is 1. The van der Waals surface area contributed by atoms with Gasteiger partial charge in [-0.05, 0) is 56.8 Å². The number of aryl methyl sites for hydroxylation is 1. The highest BCUT2D eigenvalue weighted by Crippen LogP contribution is 2.22. The molecule has 0 aromatic heterocycles. The molecule has 162 valence electrons. The number of guanidine groups is 1. The van der Waals surface area contributed by atoms with Gasteiger partial charge in [0.25, 0.3) is 0 Å². The molecule has 0 aliphatic carbocycles. The second-order valence-electron chi connectivity index (χ2n) is 8.36. The number of rotatable bonds is 8. The molecule has 0 spiro atoms. The first-order valence-corrected chi connectivity index (χ1v) is 11.1. The molecular weight excluding hydrogens is 364 g/mol. The van der Waals surface area contributed by atoms with E-state index in [1.165, 1.54) is 31.5 Å². The van der Waals surface area contributed by atoms with Crippen LogP contribution in [0, 0.1) is 18.8 Å². The minimum atomic E-state index is 0.504. The first-order chi connectivity index (χ1) is 14.2. The summed E-state index contributed by atoms with van der Waals surface area (Å²) in [5, 5.41) is 6.98. The molecule has 2 aliphatic heterocycles. The summed E-state index contributed by atoms with van der Waals surface area (Å²) in [4.78, 5) is 6.95. The lowest BCUT2D eigenvalue weighted by Gasteiger charge is -2.32. The van der Waals surface area contributed by atoms with E-state index in [1.807, 2.05) is 7.05 Å². The lowest BCUT2D eigenvalue weighted by Crippen LogP contribution is -2.44. The molecule has 2 fully saturated rings. The van der Waals surface area contributed by atoms with Gasteiger partial charge in [-0.2, -0.15) is 0 Å². The standard InChI is InChI=1S/C23H38N4O2/c1-4-27-10-5-6-19(15-27)13-25-23(24-3)26-14-21-8-7-18(2)12-22(21)29-17-20-9-11-28-16-20/h7-8,12,19-20H,4-6,9-11,13-17H2,1-3H3,(H2,24,25,26). The van der Waals surface area contributed by atoms with Crippen LogP contribution in [0.5, 0.6) is 5.75 Å². The highest BCUT2D eigenvalue weighted by molar-refractivity contribution is 5.79. The Bertz CT molecular complexity index is 658. The van der Waals surface area contributed by atoms with Crippen LogP contribution in [-0.2, 0) is 11.3 Å². The third-order valence-corrected chi connectivity index (χ3v) is 6.00. The Balaban J connectivity index is 1.49. The third-order valence-electron chi connectivity index (χ3n) is 6.00. The van der Waals surface area contributed by atoms with Gasteiger partial charge in [0.05, 0.1) is 13.2 Å². The van der Waals surface area contributed by atoms with Crippen molar-refractivity contribution in [3.63, 3.8) is 0 Å². The Labute approximate surface area is 176 Å². The van der Waals surface area contributed by atoms with Gasteiger partial charge in [0, 0.05) is 44.8 Å². The van der Waals surface area contributed by atoms with Crippen molar-refractivity contribution in [2.75, 3.05) is 53.0 Å². The van der Waals surface area contributed by atoms with Crippen LogP contribution in [0.1, 0.15) is 37.3 Å². The summed E-state index contributed by atoms with van der Waals surface area (Å²) in [5.74, 6) is 3.01. The smallest absolute Gasteiger partial charge is 0.191 e. The Morgan fingerprint density at radius 1 is 1.28 bits per heavy atom. The van der Waals surface area contributed by atoms with Crippen LogP contribution in [0.3, 0.4) is 0 Å². The molecular formula is C23H38N4O2. The Hall–Kier alpha value is -1.79. The molecule has 0 saturated carbocycles. The molecule has 1 aromatic rings. The zero-order valence-corrected chi connectivity index (χ0v) is 18.4. The summed E-state index contributed by atoms with van der Waals surface area (Å²) in [5.41, 5.74) is 2.37. The number of benzene rings is 1. The van der Waals surface area contributed by atoms with Gasteiger partial charge in [-0.15, -0.1) is 0 Å². The zero-order valence-electron chi connectivity index (χ0n) is 18.4. The molecule has 2 atom stereocenters. The van der Waals surface area contributed by atoms with Crippen LogP contribution in [0.25, 0.3) is 0 Å². The van der Waals surface area contributed by atoms with Gasteiger partial charge in [0.1, 0.15) is 5.75 Å². The van der Waals surface area contributed by atoms with E-state index in [2.05, 4.69) is 52.6 Å². The fraction of sp³-hybridized carbons (Fsp3) is 0.696. The highest BCUT2D eigenvalue weighted by atomic mass is 16.5. The van der Waals surface area contributed by atoms with Gasteiger partial charge in [-0.25, -0.2) is 0 Å². The monoisotopic (exact) mass is 402 g/mol. The van der Waals surface area contributed by atoms with Gasteiger partial charge in [-0.1, -0.05) is 19.1 Å². The minimum Gasteiger partial charge on any atom is -0.493 e. The fourth-order valence-corrected chi connectivity index (χ4v) is 4.11. The van der Waals surface area contributed by atoms with Crippen LogP contribution in [0.15, 0.2) is 23.2 Å². The van der Waals surface area contributed by atoms with Crippen molar-refractivity contribution in [3.8, 4) is 5.75 Å². The van der Waals surface area contributed by atoms with Crippen molar-refractivity contribution in [2.24, 2.45) is 16.8 Å². The Kier molecular flexibility index (Phi) is 8.62. The predicted molar refractivity (Wildman–Crippen MR) is 119 cm³/mol. The summed E-state index contributed by atoms with van der Waals surface area (Å²) in [6, 6.07) is 6.42. The second-order valence-corrected chi connectivity index (χ2v) is 8.36. The number of ether oxygens (including phenoxy) is 2. The molecule has 2 N–H and O–H groups in total. The first-order valence-electron chi connectivity index (χ1n) is 11.1. The van der Waals surface area contributed by atoms with Crippen molar-refractivity contribution in [3.05, 3.63) is 29.3 Å². The normalized spacial score (nSPS) is 23.2. The number of nitrogens with one attached hydrogen (secondary N) is 2. The summed E-state index contributed by atoms with van der Waals surface area (Å²) in [6.07, 6.45) is 3.68. The number of hydrogen-bond donors (Lipinski definition) is 2. The summed E-state index contributed by atoms with van der Waals surface area (Å²) < 4.78 is 11.6. The highest BCUT2D eigenvalue weighted by Gasteiger charge is 2.19. The van der Waals surface area contributed by atoms with Gasteiger partial charge in [0.2, 0.25) is 0 Å². The van der Waals surface area contributed by atoms with Crippen molar-refractivity contribution < 1.29 is 9.47 Å². The second kappa shape index (κ2) is 11.4. The van der Waals surface area contributed by atoms with Crippen molar-refractivity contribution in [2.45, 2.75) is 39.7 Å². The number of hydrogen-bond acceptors (Lipinski definition) is 4. The molecule has 0 bridgehead atoms. The summed E-state index contributed by atoms with van der Waals surface area (Å²) >= 11 is 0. The van der Waals surface area contributed by atoms with E-state index in [-0.39, 0.29) is 0 Å². The molecule has 0 radical (unpaired) electrons. The van der Waals surface area contributed by atoms with Crippen LogP contribution in [0.2, 0.25) is 0 Å². The quantitative estimate of drug-likeness (QED) is 0.517. The predicted octanol–water partition coefficient (Wildman–Crippen LogP) is 2.81. The number of nitrogens with zero attached hydrogens (tertiary/aromatic N) is 2. The molecule has 29 heavy (non-hydrogen) atoms. The SMILES string of the molecule is CCN1CCCC(CNC(=NC)NCc2ccc(C)cc2OCC2CCOC2)C1. The third kappa shape index (κ3) is 6.89. The molecule has 6 heteroatoms. The van der Waals surface area contributed by atoms with E-state index in [4.69, 9.17) is 9.47 Å². The average molecular weight is 403 g/mol. The van der Waals surface area contributed by atoms with Gasteiger partial charge < -0.3 is 25.0 Å². The van der Waals surface area contributed by atoms with Crippen molar-refractivity contribution >= 4 is 5.96 Å². The number of piperidine rings is 1. The van der Waals surface area contributed by atoms with E-state index in [0.29, 0.717) is 18.4 Å². The van der Waals surface area contributed by atoms with E-state index >= 15 is 0 Å². The maximum Gasteiger partial charge on any atom is 0.191 e. The lowest BCUT2D eigenvalue weighted by atomic mass is 9.98. The van der Waals surface area contributed by atoms with Gasteiger partial charge in [-0.3, -0.25) is 4.99 Å². The molecule has 1 aromatic carbocycles. The average Bonchev–Trinajstić information content (AvgIpc) is 3.27.